The fourth-order valence-electron chi connectivity index (χ4n) is 3.14. The number of nitrogens with one attached hydrogen (secondary N) is 1. The third kappa shape index (κ3) is 6.14. The molecule has 1 atom stereocenters. The van der Waals surface area contributed by atoms with Crippen LogP contribution in [0.15, 0.2) is 40.8 Å². The zero-order valence-electron chi connectivity index (χ0n) is 16.2. The lowest BCUT2D eigenvalue weighted by molar-refractivity contribution is -0.123. The van der Waals surface area contributed by atoms with Crippen molar-refractivity contribution in [2.45, 2.75) is 13.0 Å². The Balaban J connectivity index is 0.00000280. The Morgan fingerprint density at radius 1 is 1.21 bits per heavy atom. The van der Waals surface area contributed by atoms with E-state index in [1.807, 2.05) is 31.2 Å². The van der Waals surface area contributed by atoms with Gasteiger partial charge in [-0.2, -0.15) is 0 Å². The van der Waals surface area contributed by atoms with E-state index in [1.54, 1.807) is 12.1 Å². The van der Waals surface area contributed by atoms with E-state index in [4.69, 9.17) is 20.8 Å². The molecule has 2 aromatic rings. The van der Waals surface area contributed by atoms with E-state index in [0.717, 1.165) is 37.7 Å². The molecule has 1 aliphatic rings. The molecule has 1 aromatic heterocycles. The summed E-state index contributed by atoms with van der Waals surface area (Å²) >= 11 is 6.05. The number of aryl methyl sites for hydroxylation is 1. The van der Waals surface area contributed by atoms with Crippen molar-refractivity contribution in [2.24, 2.45) is 0 Å². The number of amides is 1. The Labute approximate surface area is 177 Å². The van der Waals surface area contributed by atoms with Gasteiger partial charge in [-0.15, -0.1) is 12.4 Å². The van der Waals surface area contributed by atoms with Crippen LogP contribution in [-0.2, 0) is 4.79 Å². The Kier molecular flexibility index (Phi) is 8.63. The van der Waals surface area contributed by atoms with Crippen LogP contribution in [0.3, 0.4) is 0 Å². The minimum absolute atomic E-state index is 0. The van der Waals surface area contributed by atoms with E-state index >= 15 is 0 Å². The van der Waals surface area contributed by atoms with Gasteiger partial charge in [0.2, 0.25) is 0 Å². The van der Waals surface area contributed by atoms with Crippen LogP contribution >= 0.6 is 24.0 Å². The summed E-state index contributed by atoms with van der Waals surface area (Å²) in [5, 5.41) is 3.46. The fourth-order valence-corrected chi connectivity index (χ4v) is 3.33. The number of likely N-dealkylation sites (N-methyl/N-ethyl adjacent to an activating group) is 1. The second-order valence-electron chi connectivity index (χ2n) is 6.83. The first-order chi connectivity index (χ1) is 13.0. The Morgan fingerprint density at radius 3 is 2.57 bits per heavy atom. The largest absolute Gasteiger partial charge is 0.482 e. The molecule has 28 heavy (non-hydrogen) atoms. The average molecular weight is 428 g/mol. The molecule has 1 amide bonds. The van der Waals surface area contributed by atoms with Crippen molar-refractivity contribution in [1.82, 2.24) is 15.1 Å². The second-order valence-corrected chi connectivity index (χ2v) is 7.23. The molecule has 154 valence electrons. The number of benzene rings is 1. The molecule has 8 heteroatoms. The summed E-state index contributed by atoms with van der Waals surface area (Å²) < 4.78 is 11.4. The number of carbonyl (C=O) groups excluding carboxylic acids is 1. The van der Waals surface area contributed by atoms with Gasteiger partial charge >= 0.3 is 0 Å². The summed E-state index contributed by atoms with van der Waals surface area (Å²) in [4.78, 5) is 16.9. The number of hydrogen-bond donors (Lipinski definition) is 1. The van der Waals surface area contributed by atoms with Crippen molar-refractivity contribution in [3.8, 4) is 5.75 Å². The molecule has 6 nitrogen and oxygen atoms in total. The number of piperazine rings is 1. The van der Waals surface area contributed by atoms with Gasteiger partial charge in [0.1, 0.15) is 17.3 Å². The molecule has 3 rings (SSSR count). The predicted octanol–water partition coefficient (Wildman–Crippen LogP) is 3.15. The van der Waals surface area contributed by atoms with E-state index < -0.39 is 0 Å². The number of ether oxygens (including phenoxy) is 1. The maximum atomic E-state index is 12.3. The highest BCUT2D eigenvalue weighted by Crippen LogP contribution is 2.24. The number of halogens is 2. The van der Waals surface area contributed by atoms with Crippen molar-refractivity contribution >= 4 is 29.9 Å². The molecule has 1 aromatic carbocycles. The molecule has 1 fully saturated rings. The van der Waals surface area contributed by atoms with Crippen molar-refractivity contribution in [3.05, 3.63) is 52.9 Å². The highest BCUT2D eigenvalue weighted by atomic mass is 35.5. The van der Waals surface area contributed by atoms with Gasteiger partial charge in [-0.05, 0) is 38.2 Å². The number of hydrogen-bond acceptors (Lipinski definition) is 5. The molecule has 0 saturated carbocycles. The maximum Gasteiger partial charge on any atom is 0.258 e. The third-order valence-electron chi connectivity index (χ3n) is 4.76. The van der Waals surface area contributed by atoms with Gasteiger partial charge < -0.3 is 19.4 Å². The standard InChI is InChI=1S/C20H26ClN3O3.ClH/c1-15-7-8-19(27-15)17(24-11-9-23(2)10-12-24)13-22-20(25)14-26-18-6-4-3-5-16(18)21;/h3-8,17H,9-14H2,1-2H3,(H,22,25);1H. The molecular formula is C20H27Cl2N3O3. The van der Waals surface area contributed by atoms with Crippen LogP contribution in [0.2, 0.25) is 5.02 Å². The van der Waals surface area contributed by atoms with E-state index in [-0.39, 0.29) is 31.0 Å². The van der Waals surface area contributed by atoms with E-state index in [1.165, 1.54) is 0 Å². The molecule has 0 radical (unpaired) electrons. The van der Waals surface area contributed by atoms with E-state index in [9.17, 15) is 4.79 Å². The number of furan rings is 1. The summed E-state index contributed by atoms with van der Waals surface area (Å²) in [6.45, 7) is 6.21. The van der Waals surface area contributed by atoms with Gasteiger partial charge in [0.25, 0.3) is 5.91 Å². The molecule has 1 unspecified atom stereocenters. The zero-order chi connectivity index (χ0) is 19.2. The maximum absolute atomic E-state index is 12.3. The second kappa shape index (κ2) is 10.7. The highest BCUT2D eigenvalue weighted by Gasteiger charge is 2.26. The summed E-state index contributed by atoms with van der Waals surface area (Å²) in [6.07, 6.45) is 0. The molecule has 1 saturated heterocycles. The first-order valence-corrected chi connectivity index (χ1v) is 9.53. The fraction of sp³-hybridized carbons (Fsp3) is 0.450. The lowest BCUT2D eigenvalue weighted by Crippen LogP contribution is -2.48. The number of rotatable bonds is 7. The lowest BCUT2D eigenvalue weighted by Gasteiger charge is -2.37. The van der Waals surface area contributed by atoms with Gasteiger partial charge in [0.05, 0.1) is 11.1 Å². The topological polar surface area (TPSA) is 58.0 Å². The van der Waals surface area contributed by atoms with Crippen molar-refractivity contribution in [2.75, 3.05) is 46.4 Å². The molecule has 1 N–H and O–H groups in total. The van der Waals surface area contributed by atoms with E-state index in [2.05, 4.69) is 22.2 Å². The highest BCUT2D eigenvalue weighted by molar-refractivity contribution is 6.32. The smallest absolute Gasteiger partial charge is 0.258 e. The summed E-state index contributed by atoms with van der Waals surface area (Å²) in [5.74, 6) is 2.07. The van der Waals surface area contributed by atoms with Crippen LogP contribution in [0, 0.1) is 6.92 Å². The van der Waals surface area contributed by atoms with Crippen LogP contribution in [0.1, 0.15) is 17.6 Å². The van der Waals surface area contributed by atoms with Gasteiger partial charge in [-0.25, -0.2) is 0 Å². The van der Waals surface area contributed by atoms with Crippen LogP contribution in [0.4, 0.5) is 0 Å². The molecular weight excluding hydrogens is 401 g/mol. The van der Waals surface area contributed by atoms with Crippen LogP contribution in [0.25, 0.3) is 0 Å². The summed E-state index contributed by atoms with van der Waals surface area (Å²) in [5.41, 5.74) is 0. The van der Waals surface area contributed by atoms with Gasteiger partial charge in [-0.1, -0.05) is 23.7 Å². The van der Waals surface area contributed by atoms with Gasteiger partial charge in [-0.3, -0.25) is 9.69 Å². The first-order valence-electron chi connectivity index (χ1n) is 9.16. The lowest BCUT2D eigenvalue weighted by atomic mass is 10.1. The van der Waals surface area contributed by atoms with Crippen LogP contribution in [0.5, 0.6) is 5.75 Å². The van der Waals surface area contributed by atoms with Crippen LogP contribution < -0.4 is 10.1 Å². The third-order valence-corrected chi connectivity index (χ3v) is 5.07. The van der Waals surface area contributed by atoms with Crippen LogP contribution in [-0.4, -0.2) is 62.1 Å². The Bertz CT molecular complexity index is 761. The van der Waals surface area contributed by atoms with Crippen molar-refractivity contribution in [1.29, 1.82) is 0 Å². The summed E-state index contributed by atoms with van der Waals surface area (Å²) in [7, 11) is 2.12. The summed E-state index contributed by atoms with van der Waals surface area (Å²) in [6, 6.07) is 11.1. The monoisotopic (exact) mass is 427 g/mol. The number of para-hydroxylation sites is 1. The first kappa shape index (κ1) is 22.6. The molecule has 0 spiro atoms. The quantitative estimate of drug-likeness (QED) is 0.735. The minimum atomic E-state index is -0.183. The Morgan fingerprint density at radius 2 is 1.93 bits per heavy atom. The SMILES string of the molecule is Cc1ccc(C(CNC(=O)COc2ccccc2Cl)N2CCN(C)CC2)o1.Cl. The molecule has 1 aliphatic heterocycles. The number of nitrogens with zero attached hydrogens (tertiary/aromatic N) is 2. The molecule has 0 bridgehead atoms. The average Bonchev–Trinajstić information content (AvgIpc) is 3.09. The van der Waals surface area contributed by atoms with Gasteiger partial charge in [0.15, 0.2) is 6.61 Å². The van der Waals surface area contributed by atoms with Crippen molar-refractivity contribution < 1.29 is 13.9 Å². The zero-order valence-corrected chi connectivity index (χ0v) is 17.8. The predicted molar refractivity (Wildman–Crippen MR) is 112 cm³/mol. The molecule has 0 aliphatic carbocycles. The van der Waals surface area contributed by atoms with Crippen molar-refractivity contribution in [3.63, 3.8) is 0 Å². The Hall–Kier alpha value is -1.73. The number of carbonyl (C=O) groups is 1. The normalized spacial score (nSPS) is 16.2. The minimum Gasteiger partial charge on any atom is -0.482 e. The van der Waals surface area contributed by atoms with E-state index in [0.29, 0.717) is 17.3 Å². The van der Waals surface area contributed by atoms with Gasteiger partial charge in [0, 0.05) is 32.7 Å². The molecule has 2 heterocycles.